The number of benzene rings is 2. The number of aromatic hydroxyl groups is 1. The summed E-state index contributed by atoms with van der Waals surface area (Å²) in [5.74, 6) is -0.505. The molecule has 3 rings (SSSR count). The van der Waals surface area contributed by atoms with Crippen LogP contribution in [0.5, 0.6) is 5.75 Å². The van der Waals surface area contributed by atoms with E-state index in [2.05, 4.69) is 5.10 Å². The number of phenols is 1. The van der Waals surface area contributed by atoms with Crippen molar-refractivity contribution < 1.29 is 14.3 Å². The molecule has 4 nitrogen and oxygen atoms in total. The van der Waals surface area contributed by atoms with Crippen LogP contribution < -0.4 is 0 Å². The summed E-state index contributed by atoms with van der Waals surface area (Å²) in [6.07, 6.45) is 3.14. The smallest absolute Gasteiger partial charge is 0.286 e. The van der Waals surface area contributed by atoms with Crippen molar-refractivity contribution in [3.05, 3.63) is 70.4 Å². The Morgan fingerprint density at radius 3 is 2.38 bits per heavy atom. The third-order valence-corrected chi connectivity index (χ3v) is 4.44. The molecular formula is C17H11FN2O2S2. The predicted molar refractivity (Wildman–Crippen MR) is 97.1 cm³/mol. The molecule has 1 aliphatic rings. The van der Waals surface area contributed by atoms with Gasteiger partial charge < -0.3 is 5.11 Å². The first-order valence-corrected chi connectivity index (χ1v) is 8.12. The van der Waals surface area contributed by atoms with Gasteiger partial charge in [0, 0.05) is 0 Å². The summed E-state index contributed by atoms with van der Waals surface area (Å²) in [6.45, 7) is 0. The predicted octanol–water partition coefficient (Wildman–Crippen LogP) is 3.77. The lowest BCUT2D eigenvalue weighted by Gasteiger charge is -2.05. The molecule has 0 atom stereocenters. The van der Waals surface area contributed by atoms with Crippen LogP contribution in [0.15, 0.2) is 58.5 Å². The van der Waals surface area contributed by atoms with E-state index in [4.69, 9.17) is 12.2 Å². The van der Waals surface area contributed by atoms with Crippen LogP contribution in [0.3, 0.4) is 0 Å². The molecule has 0 unspecified atom stereocenters. The Kier molecular flexibility index (Phi) is 4.73. The largest absolute Gasteiger partial charge is 0.508 e. The number of amides is 1. The summed E-state index contributed by atoms with van der Waals surface area (Å²) in [6, 6.07) is 12.2. The molecule has 0 bridgehead atoms. The molecule has 1 N–H and O–H groups in total. The molecule has 0 radical (unpaired) electrons. The molecule has 24 heavy (non-hydrogen) atoms. The number of carbonyl (C=O) groups excluding carboxylic acids is 1. The van der Waals surface area contributed by atoms with E-state index in [1.807, 2.05) is 0 Å². The number of halogens is 1. The van der Waals surface area contributed by atoms with E-state index in [1.165, 1.54) is 18.3 Å². The number of phenolic OH excluding ortho intramolecular Hbond substituents is 1. The van der Waals surface area contributed by atoms with Crippen LogP contribution in [-0.4, -0.2) is 26.6 Å². The van der Waals surface area contributed by atoms with Gasteiger partial charge >= 0.3 is 0 Å². The van der Waals surface area contributed by atoms with Gasteiger partial charge in [0.05, 0.1) is 11.1 Å². The topological polar surface area (TPSA) is 52.9 Å². The minimum Gasteiger partial charge on any atom is -0.508 e. The molecule has 0 aromatic heterocycles. The molecule has 1 amide bonds. The SMILES string of the molecule is O=C1/C(=C/c2ccc(O)cc2)SC(=S)N1/N=C/c1ccc(F)cc1. The first-order valence-electron chi connectivity index (χ1n) is 6.89. The number of hydrogen-bond acceptors (Lipinski definition) is 5. The lowest BCUT2D eigenvalue weighted by Crippen LogP contribution is -2.22. The lowest BCUT2D eigenvalue weighted by atomic mass is 10.2. The number of thioether (sulfide) groups is 1. The Bertz CT molecular complexity index is 846. The van der Waals surface area contributed by atoms with Crippen molar-refractivity contribution in [2.75, 3.05) is 0 Å². The highest BCUT2D eigenvalue weighted by molar-refractivity contribution is 8.26. The van der Waals surface area contributed by atoms with Crippen molar-refractivity contribution in [1.29, 1.82) is 0 Å². The zero-order valence-electron chi connectivity index (χ0n) is 12.2. The maximum atomic E-state index is 12.9. The fraction of sp³-hybridized carbons (Fsp3) is 0. The van der Waals surface area contributed by atoms with Crippen molar-refractivity contribution in [1.82, 2.24) is 5.01 Å². The van der Waals surface area contributed by atoms with Gasteiger partial charge in [0.2, 0.25) is 0 Å². The van der Waals surface area contributed by atoms with Crippen LogP contribution in [0, 0.1) is 5.82 Å². The van der Waals surface area contributed by atoms with Crippen LogP contribution in [-0.2, 0) is 4.79 Å². The second kappa shape index (κ2) is 6.94. The molecule has 120 valence electrons. The minimum atomic E-state index is -0.338. The zero-order chi connectivity index (χ0) is 17.1. The van der Waals surface area contributed by atoms with Crippen LogP contribution in [0.1, 0.15) is 11.1 Å². The molecule has 2 aromatic carbocycles. The van der Waals surface area contributed by atoms with E-state index in [0.717, 1.165) is 22.3 Å². The van der Waals surface area contributed by atoms with E-state index in [-0.39, 0.29) is 17.5 Å². The first kappa shape index (κ1) is 16.4. The molecule has 0 spiro atoms. The molecule has 1 heterocycles. The fourth-order valence-electron chi connectivity index (χ4n) is 1.95. The number of thiocarbonyl (C=S) groups is 1. The van der Waals surface area contributed by atoms with Crippen molar-refractivity contribution in [2.45, 2.75) is 0 Å². The van der Waals surface area contributed by atoms with Gasteiger partial charge in [-0.2, -0.15) is 10.1 Å². The zero-order valence-corrected chi connectivity index (χ0v) is 13.9. The maximum Gasteiger partial charge on any atom is 0.286 e. The summed E-state index contributed by atoms with van der Waals surface area (Å²) < 4.78 is 13.2. The summed E-state index contributed by atoms with van der Waals surface area (Å²) in [5, 5.41) is 14.5. The van der Waals surface area contributed by atoms with Gasteiger partial charge in [0.25, 0.3) is 5.91 Å². The van der Waals surface area contributed by atoms with Gasteiger partial charge in [-0.05, 0) is 53.7 Å². The summed E-state index contributed by atoms with van der Waals surface area (Å²) >= 11 is 6.33. The van der Waals surface area contributed by atoms with Crippen LogP contribution in [0.4, 0.5) is 4.39 Å². The first-order chi connectivity index (χ1) is 11.5. The standard InChI is InChI=1S/C17H11FN2O2S2/c18-13-5-1-12(2-6-13)10-19-20-16(22)15(24-17(20)23)9-11-3-7-14(21)8-4-11/h1-10,21H/b15-9-,19-10+. The highest BCUT2D eigenvalue weighted by Gasteiger charge is 2.31. The third-order valence-electron chi connectivity index (χ3n) is 3.16. The highest BCUT2D eigenvalue weighted by atomic mass is 32.2. The Hall–Kier alpha value is -2.51. The third kappa shape index (κ3) is 3.69. The number of hydrogen-bond donors (Lipinski definition) is 1. The van der Waals surface area contributed by atoms with E-state index in [1.54, 1.807) is 42.5 Å². The summed E-state index contributed by atoms with van der Waals surface area (Å²) in [5.41, 5.74) is 1.43. The van der Waals surface area contributed by atoms with Crippen LogP contribution in [0.25, 0.3) is 6.08 Å². The average Bonchev–Trinajstić information content (AvgIpc) is 2.83. The van der Waals surface area contributed by atoms with Gasteiger partial charge in [-0.25, -0.2) is 4.39 Å². The Morgan fingerprint density at radius 2 is 1.71 bits per heavy atom. The van der Waals surface area contributed by atoms with E-state index in [0.29, 0.717) is 14.8 Å². The van der Waals surface area contributed by atoms with Crippen molar-refractivity contribution in [3.8, 4) is 5.75 Å². The normalized spacial score (nSPS) is 16.5. The van der Waals surface area contributed by atoms with Crippen molar-refractivity contribution in [2.24, 2.45) is 5.10 Å². The molecule has 0 saturated carbocycles. The number of nitrogens with zero attached hydrogens (tertiary/aromatic N) is 2. The summed E-state index contributed by atoms with van der Waals surface area (Å²) in [4.78, 5) is 12.8. The number of carbonyl (C=O) groups is 1. The Morgan fingerprint density at radius 1 is 1.08 bits per heavy atom. The van der Waals surface area contributed by atoms with E-state index < -0.39 is 0 Å². The average molecular weight is 358 g/mol. The molecule has 1 fully saturated rings. The Labute approximate surface area is 147 Å². The van der Waals surface area contributed by atoms with E-state index >= 15 is 0 Å². The monoisotopic (exact) mass is 358 g/mol. The van der Waals surface area contributed by atoms with Crippen molar-refractivity contribution >= 4 is 46.5 Å². The molecule has 0 aliphatic carbocycles. The van der Waals surface area contributed by atoms with E-state index in [9.17, 15) is 14.3 Å². The van der Waals surface area contributed by atoms with Crippen molar-refractivity contribution in [3.63, 3.8) is 0 Å². The molecule has 1 aliphatic heterocycles. The fourth-order valence-corrected chi connectivity index (χ4v) is 3.13. The van der Waals surface area contributed by atoms with Gasteiger partial charge in [0.1, 0.15) is 11.6 Å². The van der Waals surface area contributed by atoms with Crippen LogP contribution >= 0.6 is 24.0 Å². The molecule has 2 aromatic rings. The lowest BCUT2D eigenvalue weighted by molar-refractivity contribution is -0.122. The summed E-state index contributed by atoms with van der Waals surface area (Å²) in [7, 11) is 0. The highest BCUT2D eigenvalue weighted by Crippen LogP contribution is 2.32. The molecule has 7 heteroatoms. The second-order valence-electron chi connectivity index (χ2n) is 4.88. The van der Waals surface area contributed by atoms with Gasteiger partial charge in [0.15, 0.2) is 4.32 Å². The number of hydrazone groups is 1. The molecular weight excluding hydrogens is 347 g/mol. The van der Waals surface area contributed by atoms with Gasteiger partial charge in [-0.3, -0.25) is 4.79 Å². The molecule has 1 saturated heterocycles. The van der Waals surface area contributed by atoms with Crippen LogP contribution in [0.2, 0.25) is 0 Å². The second-order valence-corrected chi connectivity index (χ2v) is 6.56. The van der Waals surface area contributed by atoms with Gasteiger partial charge in [-0.1, -0.05) is 36.0 Å². The van der Waals surface area contributed by atoms with Gasteiger partial charge in [-0.15, -0.1) is 0 Å². The number of rotatable bonds is 3. The minimum absolute atomic E-state index is 0.156. The maximum absolute atomic E-state index is 12.9. The quantitative estimate of drug-likeness (QED) is 0.516. The Balaban J connectivity index is 1.78.